The second-order valence-corrected chi connectivity index (χ2v) is 16.9. The number of allylic oxidation sites excluding steroid dienone is 15. The Morgan fingerprint density at radius 3 is 1.69 bits per heavy atom. The molecule has 0 saturated carbocycles. The Hall–Kier alpha value is -2.85. The molecule has 2 aliphatic rings. The molecule has 0 N–H and O–H groups in total. The molecule has 0 amide bonds. The highest BCUT2D eigenvalue weighted by molar-refractivity contribution is 8.00. The first-order valence-corrected chi connectivity index (χ1v) is 19.2. The number of benzene rings is 1. The van der Waals surface area contributed by atoms with Crippen molar-refractivity contribution in [3.8, 4) is 0 Å². The minimum Gasteiger partial charge on any atom is -0.196 e. The normalized spacial score (nSPS) is 21.0. The van der Waals surface area contributed by atoms with Crippen LogP contribution in [0.15, 0.2) is 141 Å². The van der Waals surface area contributed by atoms with Gasteiger partial charge in [0.15, 0.2) is 0 Å². The molecule has 49 heavy (non-hydrogen) atoms. The first kappa shape index (κ1) is 40.6. The SMILES string of the molecule is CC1=C(CC(O[O])/C(C)=C/C=C/C(C)=C/C=C/C=C(C)/C=C/C=C(\C)C(CC2=C(C)CCCC2(C)C)Sc2ccccc2)C(C)(C)CCC1. The summed E-state index contributed by atoms with van der Waals surface area (Å²) >= 11 is 1.99. The van der Waals surface area contributed by atoms with Crippen molar-refractivity contribution >= 4 is 11.8 Å². The van der Waals surface area contributed by atoms with Crippen LogP contribution in [-0.4, -0.2) is 11.4 Å². The summed E-state index contributed by atoms with van der Waals surface area (Å²) in [6.45, 7) is 22.5. The highest BCUT2D eigenvalue weighted by Crippen LogP contribution is 2.46. The van der Waals surface area contributed by atoms with Crippen LogP contribution in [0.1, 0.15) is 121 Å². The van der Waals surface area contributed by atoms with E-state index in [0.29, 0.717) is 11.7 Å². The maximum atomic E-state index is 11.7. The summed E-state index contributed by atoms with van der Waals surface area (Å²) in [6.07, 6.45) is 29.9. The molecule has 0 aromatic heterocycles. The van der Waals surface area contributed by atoms with Gasteiger partial charge in [0.2, 0.25) is 0 Å². The van der Waals surface area contributed by atoms with E-state index in [-0.39, 0.29) is 10.8 Å². The molecule has 3 rings (SSSR count). The molecule has 2 atom stereocenters. The molecule has 0 bridgehead atoms. The zero-order valence-corrected chi connectivity index (χ0v) is 33.0. The lowest BCUT2D eigenvalue weighted by Crippen LogP contribution is -2.25. The molecule has 2 unspecified atom stereocenters. The average Bonchev–Trinajstić information content (AvgIpc) is 3.04. The van der Waals surface area contributed by atoms with Gasteiger partial charge in [0.05, 0.1) is 0 Å². The minimum absolute atomic E-state index is 0.132. The van der Waals surface area contributed by atoms with Gasteiger partial charge in [-0.05, 0) is 120 Å². The van der Waals surface area contributed by atoms with Crippen molar-refractivity contribution in [1.29, 1.82) is 0 Å². The van der Waals surface area contributed by atoms with Crippen LogP contribution in [0.2, 0.25) is 0 Å². The third-order valence-corrected chi connectivity index (χ3v) is 11.9. The quantitative estimate of drug-likeness (QED) is 0.0607. The average molecular weight is 680 g/mol. The molecule has 1 aromatic carbocycles. The molecule has 0 saturated heterocycles. The molecular formula is C46H63O2S. The Bertz CT molecular complexity index is 1520. The highest BCUT2D eigenvalue weighted by Gasteiger charge is 2.32. The van der Waals surface area contributed by atoms with Crippen LogP contribution in [-0.2, 0) is 10.1 Å². The van der Waals surface area contributed by atoms with Crippen molar-refractivity contribution in [2.45, 2.75) is 137 Å². The lowest BCUT2D eigenvalue weighted by atomic mass is 9.70. The second-order valence-electron chi connectivity index (χ2n) is 15.7. The van der Waals surface area contributed by atoms with Gasteiger partial charge < -0.3 is 0 Å². The van der Waals surface area contributed by atoms with Crippen LogP contribution in [0, 0.1) is 10.8 Å². The summed E-state index contributed by atoms with van der Waals surface area (Å²) in [4.78, 5) is 6.03. The number of rotatable bonds is 15. The summed E-state index contributed by atoms with van der Waals surface area (Å²) in [6, 6.07) is 10.8. The van der Waals surface area contributed by atoms with Gasteiger partial charge in [0, 0.05) is 16.6 Å². The first-order valence-electron chi connectivity index (χ1n) is 18.3. The predicted molar refractivity (Wildman–Crippen MR) is 214 cm³/mol. The van der Waals surface area contributed by atoms with Crippen LogP contribution in [0.3, 0.4) is 0 Å². The van der Waals surface area contributed by atoms with Crippen molar-refractivity contribution in [1.82, 2.24) is 0 Å². The number of hydrogen-bond donors (Lipinski definition) is 0. The van der Waals surface area contributed by atoms with E-state index in [0.717, 1.165) is 24.0 Å². The summed E-state index contributed by atoms with van der Waals surface area (Å²) in [5.74, 6) is 0. The van der Waals surface area contributed by atoms with Gasteiger partial charge >= 0.3 is 0 Å². The number of hydrogen-bond acceptors (Lipinski definition) is 2. The second kappa shape index (κ2) is 19.5. The van der Waals surface area contributed by atoms with E-state index in [9.17, 15) is 5.26 Å². The smallest absolute Gasteiger partial charge is 0.121 e. The predicted octanol–water partition coefficient (Wildman–Crippen LogP) is 14.2. The van der Waals surface area contributed by atoms with E-state index in [1.807, 2.05) is 30.8 Å². The van der Waals surface area contributed by atoms with E-state index >= 15 is 0 Å². The molecule has 1 aromatic rings. The summed E-state index contributed by atoms with van der Waals surface area (Å²) in [5, 5.41) is 12.1. The Morgan fingerprint density at radius 1 is 0.714 bits per heavy atom. The van der Waals surface area contributed by atoms with Gasteiger partial charge in [0.25, 0.3) is 0 Å². The maximum Gasteiger partial charge on any atom is 0.121 e. The maximum absolute atomic E-state index is 11.7. The van der Waals surface area contributed by atoms with E-state index < -0.39 is 6.10 Å². The zero-order valence-electron chi connectivity index (χ0n) is 32.2. The molecule has 1 radical (unpaired) electrons. The van der Waals surface area contributed by atoms with Crippen LogP contribution in [0.25, 0.3) is 0 Å². The van der Waals surface area contributed by atoms with Gasteiger partial charge in [-0.15, -0.1) is 11.8 Å². The fourth-order valence-electron chi connectivity index (χ4n) is 7.30. The van der Waals surface area contributed by atoms with E-state index in [4.69, 9.17) is 4.89 Å². The standard InChI is InChI=1S/C46H63O2S/c1-34(22-16-24-38(5)43(48-47)32-41-36(3)26-18-30-45(41,7)8)20-14-15-21-35(2)23-17-25-39(6)44(49-40-28-12-11-13-29-40)33-42-37(4)27-19-31-46(42,9)10/h11-17,20-25,28-29,43-44H,18-19,26-27,30-33H2,1-10H3/b15-14+,22-16+,23-17+,34-20+,35-21+,38-24+,39-25+. The van der Waals surface area contributed by atoms with Crippen LogP contribution in [0.4, 0.5) is 0 Å². The summed E-state index contributed by atoms with van der Waals surface area (Å²) in [5.41, 5.74) is 11.2. The monoisotopic (exact) mass is 679 g/mol. The molecule has 0 spiro atoms. The van der Waals surface area contributed by atoms with Gasteiger partial charge in [-0.1, -0.05) is 146 Å². The zero-order chi connectivity index (χ0) is 36.0. The van der Waals surface area contributed by atoms with Crippen LogP contribution >= 0.6 is 11.8 Å². The fourth-order valence-corrected chi connectivity index (χ4v) is 8.45. The van der Waals surface area contributed by atoms with Crippen molar-refractivity contribution in [2.75, 3.05) is 0 Å². The topological polar surface area (TPSA) is 29.1 Å². The van der Waals surface area contributed by atoms with Gasteiger partial charge in [-0.3, -0.25) is 0 Å². The van der Waals surface area contributed by atoms with E-state index in [1.165, 1.54) is 59.3 Å². The Labute approximate surface area is 304 Å². The number of thioether (sulfide) groups is 1. The van der Waals surface area contributed by atoms with Gasteiger partial charge in [-0.2, -0.15) is 4.89 Å². The van der Waals surface area contributed by atoms with Crippen molar-refractivity contribution < 1.29 is 10.1 Å². The van der Waals surface area contributed by atoms with Gasteiger partial charge in [0.1, 0.15) is 6.10 Å². The molecular weight excluding hydrogens is 617 g/mol. The molecule has 265 valence electrons. The van der Waals surface area contributed by atoms with Crippen molar-refractivity contribution in [3.63, 3.8) is 0 Å². The summed E-state index contributed by atoms with van der Waals surface area (Å²) in [7, 11) is 0. The van der Waals surface area contributed by atoms with Crippen LogP contribution < -0.4 is 0 Å². The highest BCUT2D eigenvalue weighted by atomic mass is 32.2. The van der Waals surface area contributed by atoms with Crippen LogP contribution in [0.5, 0.6) is 0 Å². The van der Waals surface area contributed by atoms with Crippen molar-refractivity contribution in [3.05, 3.63) is 136 Å². The first-order chi connectivity index (χ1) is 23.2. The Balaban J connectivity index is 1.61. The Kier molecular flexibility index (Phi) is 16.2. The molecule has 0 heterocycles. The fraction of sp³-hybridized carbons (Fsp3) is 0.478. The third kappa shape index (κ3) is 13.1. The lowest BCUT2D eigenvalue weighted by molar-refractivity contribution is -0.326. The molecule has 2 aliphatic carbocycles. The molecule has 2 nitrogen and oxygen atoms in total. The molecule has 0 aliphatic heterocycles. The summed E-state index contributed by atoms with van der Waals surface area (Å²) < 4.78 is 0. The lowest BCUT2D eigenvalue weighted by Gasteiger charge is -2.36. The largest absolute Gasteiger partial charge is 0.196 e. The third-order valence-electron chi connectivity index (χ3n) is 10.6. The molecule has 3 heteroatoms. The minimum atomic E-state index is -0.435. The van der Waals surface area contributed by atoms with E-state index in [1.54, 1.807) is 11.1 Å². The molecule has 0 fully saturated rings. The van der Waals surface area contributed by atoms with Gasteiger partial charge in [-0.25, -0.2) is 0 Å². The van der Waals surface area contributed by atoms with E-state index in [2.05, 4.69) is 141 Å². The Morgan fingerprint density at radius 2 is 1.20 bits per heavy atom. The van der Waals surface area contributed by atoms with Crippen molar-refractivity contribution in [2.24, 2.45) is 10.8 Å².